The van der Waals surface area contributed by atoms with Gasteiger partial charge in [0.05, 0.1) is 11.1 Å². The molecule has 5 heteroatoms. The van der Waals surface area contributed by atoms with Gasteiger partial charge in [0, 0.05) is 4.47 Å². The third kappa shape index (κ3) is 3.38. The van der Waals surface area contributed by atoms with Gasteiger partial charge in [-0.2, -0.15) is 0 Å². The average Bonchev–Trinajstić information content (AvgIpc) is 2.43. The summed E-state index contributed by atoms with van der Waals surface area (Å²) >= 11 is 9.32. The number of benzene rings is 2. The van der Waals surface area contributed by atoms with Gasteiger partial charge in [0.25, 0.3) is 0 Å². The van der Waals surface area contributed by atoms with Crippen molar-refractivity contribution >= 4 is 27.5 Å². The Balaban J connectivity index is 2.28. The van der Waals surface area contributed by atoms with Gasteiger partial charge in [-0.25, -0.2) is 4.39 Å². The lowest BCUT2D eigenvalue weighted by Crippen LogP contribution is -2.30. The Morgan fingerprint density at radius 2 is 2.10 bits per heavy atom. The number of hydrogen-bond donors (Lipinski definition) is 2. The van der Waals surface area contributed by atoms with Gasteiger partial charge in [-0.1, -0.05) is 45.7 Å². The van der Waals surface area contributed by atoms with Crippen molar-refractivity contribution in [2.75, 3.05) is 0 Å². The van der Waals surface area contributed by atoms with Crippen molar-refractivity contribution in [3.8, 4) is 0 Å². The predicted molar refractivity (Wildman–Crippen MR) is 84.1 cm³/mol. The quantitative estimate of drug-likeness (QED) is 0.632. The predicted octanol–water partition coefficient (Wildman–Crippen LogP) is 4.30. The molecule has 3 N–H and O–H groups in total. The molecular weight excluding hydrogens is 343 g/mol. The molecule has 2 aromatic rings. The Kier molecular flexibility index (Phi) is 5.16. The van der Waals surface area contributed by atoms with Crippen LogP contribution in [0, 0.1) is 12.7 Å². The van der Waals surface area contributed by atoms with E-state index in [0.29, 0.717) is 6.42 Å². The summed E-state index contributed by atoms with van der Waals surface area (Å²) in [4.78, 5) is 0. The van der Waals surface area contributed by atoms with Crippen LogP contribution in [-0.2, 0) is 6.42 Å². The highest BCUT2D eigenvalue weighted by atomic mass is 79.9. The highest BCUT2D eigenvalue weighted by Crippen LogP contribution is 2.27. The van der Waals surface area contributed by atoms with E-state index in [9.17, 15) is 4.39 Å². The summed E-state index contributed by atoms with van der Waals surface area (Å²) < 4.78 is 14.2. The Morgan fingerprint density at radius 1 is 1.35 bits per heavy atom. The van der Waals surface area contributed by atoms with Crippen LogP contribution in [0.3, 0.4) is 0 Å². The number of nitrogens with two attached hydrogens (primary N) is 1. The van der Waals surface area contributed by atoms with E-state index < -0.39 is 5.82 Å². The molecule has 0 aliphatic rings. The minimum atomic E-state index is -0.411. The van der Waals surface area contributed by atoms with Gasteiger partial charge < -0.3 is 0 Å². The lowest BCUT2D eigenvalue weighted by atomic mass is 9.96. The van der Waals surface area contributed by atoms with E-state index in [1.165, 1.54) is 6.07 Å². The molecule has 0 bridgehead atoms. The summed E-state index contributed by atoms with van der Waals surface area (Å²) in [6.07, 6.45) is 0.633. The maximum absolute atomic E-state index is 13.2. The fourth-order valence-corrected chi connectivity index (χ4v) is 2.75. The molecule has 0 aromatic heterocycles. The molecule has 20 heavy (non-hydrogen) atoms. The SMILES string of the molecule is Cc1c(Br)cccc1C(Cc1ccc(F)c(Cl)c1)NN. The largest absolute Gasteiger partial charge is 0.271 e. The fraction of sp³-hybridized carbons (Fsp3) is 0.200. The van der Waals surface area contributed by atoms with Crippen LogP contribution in [0.5, 0.6) is 0 Å². The zero-order valence-electron chi connectivity index (χ0n) is 11.0. The minimum absolute atomic E-state index is 0.0611. The molecule has 2 rings (SSSR count). The molecular formula is C15H15BrClFN2. The third-order valence-electron chi connectivity index (χ3n) is 3.31. The first-order valence-corrected chi connectivity index (χ1v) is 7.35. The van der Waals surface area contributed by atoms with E-state index in [4.69, 9.17) is 17.4 Å². The molecule has 0 amide bonds. The number of hydrazine groups is 1. The Labute approximate surface area is 131 Å². The van der Waals surface area contributed by atoms with Crippen molar-refractivity contribution in [3.05, 3.63) is 68.4 Å². The smallest absolute Gasteiger partial charge is 0.141 e. The molecule has 0 saturated carbocycles. The van der Waals surface area contributed by atoms with Crippen LogP contribution < -0.4 is 11.3 Å². The zero-order valence-corrected chi connectivity index (χ0v) is 13.3. The van der Waals surface area contributed by atoms with Gasteiger partial charge in [-0.05, 0) is 48.2 Å². The summed E-state index contributed by atoms with van der Waals surface area (Å²) in [7, 11) is 0. The average molecular weight is 358 g/mol. The van der Waals surface area contributed by atoms with E-state index in [-0.39, 0.29) is 11.1 Å². The van der Waals surface area contributed by atoms with Crippen molar-refractivity contribution in [2.45, 2.75) is 19.4 Å². The first kappa shape index (κ1) is 15.4. The number of rotatable bonds is 4. The monoisotopic (exact) mass is 356 g/mol. The molecule has 0 radical (unpaired) electrons. The van der Waals surface area contributed by atoms with Crippen LogP contribution in [-0.4, -0.2) is 0 Å². The maximum Gasteiger partial charge on any atom is 0.141 e. The van der Waals surface area contributed by atoms with Gasteiger partial charge in [-0.3, -0.25) is 11.3 Å². The fourth-order valence-electron chi connectivity index (χ4n) is 2.16. The molecule has 1 unspecified atom stereocenters. The van der Waals surface area contributed by atoms with Gasteiger partial charge in [0.2, 0.25) is 0 Å². The van der Waals surface area contributed by atoms with Gasteiger partial charge in [0.15, 0.2) is 0 Å². The number of halogens is 3. The molecule has 1 atom stereocenters. The van der Waals surface area contributed by atoms with Gasteiger partial charge in [-0.15, -0.1) is 0 Å². The van der Waals surface area contributed by atoms with Crippen molar-refractivity contribution in [3.63, 3.8) is 0 Å². The summed E-state index contributed by atoms with van der Waals surface area (Å²) in [5.41, 5.74) is 5.97. The molecule has 0 heterocycles. The first-order valence-electron chi connectivity index (χ1n) is 6.18. The summed E-state index contributed by atoms with van der Waals surface area (Å²) in [5.74, 6) is 5.26. The third-order valence-corrected chi connectivity index (χ3v) is 4.46. The second-order valence-corrected chi connectivity index (χ2v) is 5.89. The molecule has 0 fully saturated rings. The van der Waals surface area contributed by atoms with E-state index in [0.717, 1.165) is 21.2 Å². The molecule has 0 saturated heterocycles. The van der Waals surface area contributed by atoms with E-state index in [1.807, 2.05) is 25.1 Å². The Bertz CT molecular complexity index is 619. The normalized spacial score (nSPS) is 12.4. The lowest BCUT2D eigenvalue weighted by Gasteiger charge is -2.19. The molecule has 2 aromatic carbocycles. The van der Waals surface area contributed by atoms with E-state index in [1.54, 1.807) is 12.1 Å². The lowest BCUT2D eigenvalue weighted by molar-refractivity contribution is 0.548. The molecule has 106 valence electrons. The van der Waals surface area contributed by atoms with Crippen LogP contribution in [0.25, 0.3) is 0 Å². The van der Waals surface area contributed by atoms with Crippen molar-refractivity contribution in [1.82, 2.24) is 5.43 Å². The van der Waals surface area contributed by atoms with Crippen LogP contribution in [0.2, 0.25) is 5.02 Å². The van der Waals surface area contributed by atoms with E-state index in [2.05, 4.69) is 21.4 Å². The summed E-state index contributed by atoms with van der Waals surface area (Å²) in [6, 6.07) is 10.6. The standard InChI is InChI=1S/C15H15BrClFN2/c1-9-11(3-2-4-12(9)16)15(20-19)8-10-5-6-14(18)13(17)7-10/h2-7,15,20H,8,19H2,1H3. The summed E-state index contributed by atoms with van der Waals surface area (Å²) in [6.45, 7) is 2.03. The summed E-state index contributed by atoms with van der Waals surface area (Å²) in [5, 5.41) is 0.129. The van der Waals surface area contributed by atoms with Gasteiger partial charge >= 0.3 is 0 Å². The molecule has 0 aliphatic carbocycles. The van der Waals surface area contributed by atoms with Crippen molar-refractivity contribution in [1.29, 1.82) is 0 Å². The van der Waals surface area contributed by atoms with Crippen LogP contribution >= 0.6 is 27.5 Å². The zero-order chi connectivity index (χ0) is 14.7. The topological polar surface area (TPSA) is 38.0 Å². The van der Waals surface area contributed by atoms with Gasteiger partial charge in [0.1, 0.15) is 5.82 Å². The van der Waals surface area contributed by atoms with Crippen LogP contribution in [0.1, 0.15) is 22.7 Å². The second-order valence-electron chi connectivity index (χ2n) is 4.63. The maximum atomic E-state index is 13.2. The van der Waals surface area contributed by atoms with Crippen LogP contribution in [0.15, 0.2) is 40.9 Å². The minimum Gasteiger partial charge on any atom is -0.271 e. The highest BCUT2D eigenvalue weighted by molar-refractivity contribution is 9.10. The second kappa shape index (κ2) is 6.68. The highest BCUT2D eigenvalue weighted by Gasteiger charge is 2.15. The Morgan fingerprint density at radius 3 is 2.75 bits per heavy atom. The number of nitrogens with one attached hydrogen (secondary N) is 1. The first-order chi connectivity index (χ1) is 9.52. The van der Waals surface area contributed by atoms with Crippen LogP contribution in [0.4, 0.5) is 4.39 Å². The van der Waals surface area contributed by atoms with Crippen molar-refractivity contribution in [2.24, 2.45) is 5.84 Å². The van der Waals surface area contributed by atoms with Crippen molar-refractivity contribution < 1.29 is 4.39 Å². The molecule has 2 nitrogen and oxygen atoms in total. The Hall–Kier alpha value is -0.940. The number of hydrogen-bond acceptors (Lipinski definition) is 2. The molecule has 0 spiro atoms. The molecule has 0 aliphatic heterocycles. The van der Waals surface area contributed by atoms with E-state index >= 15 is 0 Å².